The highest BCUT2D eigenvalue weighted by Gasteiger charge is 2.25. The van der Waals surface area contributed by atoms with Crippen molar-refractivity contribution in [2.45, 2.75) is 39.7 Å². The van der Waals surface area contributed by atoms with E-state index in [1.807, 2.05) is 32.0 Å². The van der Waals surface area contributed by atoms with Crippen molar-refractivity contribution < 1.29 is 18.7 Å². The molecule has 2 N–H and O–H groups in total. The molecule has 3 amide bonds. The van der Waals surface area contributed by atoms with E-state index in [2.05, 4.69) is 10.9 Å². The van der Waals surface area contributed by atoms with E-state index in [0.29, 0.717) is 24.4 Å². The van der Waals surface area contributed by atoms with Crippen molar-refractivity contribution in [1.29, 1.82) is 0 Å². The standard InChI is InChI=1S/C20H25N3O4/c1-13-5-4-6-14(2)18(13)27-16-7-10-23(11-8-16)20(25)22-21-19(24)17-9-12-26-15(17)3/h4-6,9,12,16H,7-8,10-11H2,1-3H3,(H,21,24)(H,22,25). The van der Waals surface area contributed by atoms with Crippen LogP contribution in [0.25, 0.3) is 0 Å². The van der Waals surface area contributed by atoms with Gasteiger partial charge in [0.05, 0.1) is 11.8 Å². The molecule has 1 aromatic carbocycles. The van der Waals surface area contributed by atoms with Crippen molar-refractivity contribution in [3.63, 3.8) is 0 Å². The molecule has 2 heterocycles. The molecule has 0 saturated carbocycles. The number of benzene rings is 1. The lowest BCUT2D eigenvalue weighted by Crippen LogP contribution is -2.52. The SMILES string of the molecule is Cc1cccc(C)c1OC1CCN(C(=O)NNC(=O)c2ccoc2C)CC1. The largest absolute Gasteiger partial charge is 0.490 e. The molecule has 2 aromatic rings. The van der Waals surface area contributed by atoms with Gasteiger partial charge in [0, 0.05) is 25.9 Å². The number of hydrazine groups is 1. The second-order valence-corrected chi connectivity index (χ2v) is 6.80. The predicted octanol–water partition coefficient (Wildman–Crippen LogP) is 3.10. The maximum Gasteiger partial charge on any atom is 0.336 e. The van der Waals surface area contributed by atoms with Crippen LogP contribution in [0.15, 0.2) is 34.9 Å². The molecule has 0 unspecified atom stereocenters. The lowest BCUT2D eigenvalue weighted by atomic mass is 10.1. The first-order chi connectivity index (χ1) is 13.0. The van der Waals surface area contributed by atoms with Crippen molar-refractivity contribution in [2.75, 3.05) is 13.1 Å². The molecular formula is C20H25N3O4. The van der Waals surface area contributed by atoms with Crippen LogP contribution >= 0.6 is 0 Å². The number of carbonyl (C=O) groups excluding carboxylic acids is 2. The molecule has 0 aliphatic carbocycles. The minimum Gasteiger partial charge on any atom is -0.490 e. The van der Waals surface area contributed by atoms with Gasteiger partial charge in [0.2, 0.25) is 0 Å². The topological polar surface area (TPSA) is 83.8 Å². The number of nitrogens with zero attached hydrogens (tertiary/aromatic N) is 1. The van der Waals surface area contributed by atoms with Crippen molar-refractivity contribution in [2.24, 2.45) is 0 Å². The second kappa shape index (κ2) is 8.16. The number of likely N-dealkylation sites (tertiary alicyclic amines) is 1. The van der Waals surface area contributed by atoms with Gasteiger partial charge in [0.15, 0.2) is 0 Å². The third kappa shape index (κ3) is 4.42. The summed E-state index contributed by atoms with van der Waals surface area (Å²) in [4.78, 5) is 25.9. The van der Waals surface area contributed by atoms with Crippen LogP contribution in [-0.4, -0.2) is 36.0 Å². The van der Waals surface area contributed by atoms with Gasteiger partial charge in [0.25, 0.3) is 5.91 Å². The number of urea groups is 1. The van der Waals surface area contributed by atoms with E-state index in [0.717, 1.165) is 29.7 Å². The molecule has 144 valence electrons. The Morgan fingerprint density at radius 3 is 2.33 bits per heavy atom. The Kier molecular flexibility index (Phi) is 5.69. The quantitative estimate of drug-likeness (QED) is 0.812. The first-order valence-corrected chi connectivity index (χ1v) is 9.08. The summed E-state index contributed by atoms with van der Waals surface area (Å²) in [6.07, 6.45) is 3.01. The Labute approximate surface area is 158 Å². The van der Waals surface area contributed by atoms with Crippen LogP contribution < -0.4 is 15.6 Å². The summed E-state index contributed by atoms with van der Waals surface area (Å²) < 4.78 is 11.3. The van der Waals surface area contributed by atoms with Crippen LogP contribution in [0, 0.1) is 20.8 Å². The molecule has 1 aliphatic heterocycles. The molecular weight excluding hydrogens is 346 g/mol. The maximum atomic E-state index is 12.3. The summed E-state index contributed by atoms with van der Waals surface area (Å²) >= 11 is 0. The Balaban J connectivity index is 1.47. The maximum absolute atomic E-state index is 12.3. The number of nitrogens with one attached hydrogen (secondary N) is 2. The van der Waals surface area contributed by atoms with E-state index in [9.17, 15) is 9.59 Å². The fraction of sp³-hybridized carbons (Fsp3) is 0.400. The van der Waals surface area contributed by atoms with Gasteiger partial charge in [-0.05, 0) is 38.0 Å². The second-order valence-electron chi connectivity index (χ2n) is 6.80. The Hall–Kier alpha value is -2.96. The molecule has 7 heteroatoms. The van der Waals surface area contributed by atoms with Crippen LogP contribution in [0.1, 0.15) is 40.1 Å². The van der Waals surface area contributed by atoms with Crippen LogP contribution in [0.5, 0.6) is 5.75 Å². The number of aryl methyl sites for hydroxylation is 3. The zero-order valence-electron chi connectivity index (χ0n) is 15.9. The van der Waals surface area contributed by atoms with Crippen LogP contribution in [-0.2, 0) is 0 Å². The molecule has 0 atom stereocenters. The van der Waals surface area contributed by atoms with E-state index >= 15 is 0 Å². The van der Waals surface area contributed by atoms with Crippen molar-refractivity contribution in [3.8, 4) is 5.75 Å². The Morgan fingerprint density at radius 2 is 1.74 bits per heavy atom. The van der Waals surface area contributed by atoms with Gasteiger partial charge in [-0.3, -0.25) is 10.2 Å². The first kappa shape index (κ1) is 18.8. The summed E-state index contributed by atoms with van der Waals surface area (Å²) in [5, 5.41) is 0. The number of piperidine rings is 1. The fourth-order valence-corrected chi connectivity index (χ4v) is 3.21. The number of para-hydroxylation sites is 1. The van der Waals surface area contributed by atoms with Gasteiger partial charge in [0.1, 0.15) is 17.6 Å². The van der Waals surface area contributed by atoms with Crippen molar-refractivity contribution in [1.82, 2.24) is 15.8 Å². The summed E-state index contributed by atoms with van der Waals surface area (Å²) in [6.45, 7) is 6.91. The fourth-order valence-electron chi connectivity index (χ4n) is 3.21. The van der Waals surface area contributed by atoms with E-state index in [-0.39, 0.29) is 12.1 Å². The highest BCUT2D eigenvalue weighted by Crippen LogP contribution is 2.26. The number of amides is 3. The Morgan fingerprint density at radius 1 is 1.07 bits per heavy atom. The molecule has 1 fully saturated rings. The van der Waals surface area contributed by atoms with Gasteiger partial charge < -0.3 is 14.1 Å². The number of rotatable bonds is 3. The summed E-state index contributed by atoms with van der Waals surface area (Å²) in [7, 11) is 0. The van der Waals surface area contributed by atoms with Crippen LogP contribution in [0.3, 0.4) is 0 Å². The van der Waals surface area contributed by atoms with Gasteiger partial charge in [-0.1, -0.05) is 18.2 Å². The molecule has 1 aliphatic rings. The molecule has 27 heavy (non-hydrogen) atoms. The molecule has 1 saturated heterocycles. The molecule has 7 nitrogen and oxygen atoms in total. The summed E-state index contributed by atoms with van der Waals surface area (Å²) in [5.41, 5.74) is 7.51. The monoisotopic (exact) mass is 371 g/mol. The minimum atomic E-state index is -0.400. The van der Waals surface area contributed by atoms with E-state index in [1.165, 1.54) is 6.26 Å². The van der Waals surface area contributed by atoms with E-state index in [4.69, 9.17) is 9.15 Å². The van der Waals surface area contributed by atoms with E-state index < -0.39 is 5.91 Å². The van der Waals surface area contributed by atoms with E-state index in [1.54, 1.807) is 17.9 Å². The molecule has 3 rings (SSSR count). The van der Waals surface area contributed by atoms with Gasteiger partial charge in [-0.15, -0.1) is 0 Å². The average molecular weight is 371 g/mol. The van der Waals surface area contributed by atoms with Gasteiger partial charge in [-0.2, -0.15) is 0 Å². The van der Waals surface area contributed by atoms with Gasteiger partial charge in [-0.25, -0.2) is 10.2 Å². The van der Waals surface area contributed by atoms with Crippen molar-refractivity contribution >= 4 is 11.9 Å². The number of ether oxygens (including phenoxy) is 1. The number of hydrogen-bond donors (Lipinski definition) is 2. The average Bonchev–Trinajstić information content (AvgIpc) is 3.09. The van der Waals surface area contributed by atoms with Crippen LogP contribution in [0.2, 0.25) is 0 Å². The predicted molar refractivity (Wildman–Crippen MR) is 101 cm³/mol. The lowest BCUT2D eigenvalue weighted by molar-refractivity contribution is 0.0903. The molecule has 1 aromatic heterocycles. The van der Waals surface area contributed by atoms with Gasteiger partial charge >= 0.3 is 6.03 Å². The number of furan rings is 1. The third-order valence-electron chi connectivity index (χ3n) is 4.81. The minimum absolute atomic E-state index is 0.0806. The first-order valence-electron chi connectivity index (χ1n) is 9.08. The number of hydrogen-bond acceptors (Lipinski definition) is 4. The smallest absolute Gasteiger partial charge is 0.336 e. The Bertz CT molecular complexity index is 802. The lowest BCUT2D eigenvalue weighted by Gasteiger charge is -2.32. The third-order valence-corrected chi connectivity index (χ3v) is 4.81. The summed E-state index contributed by atoms with van der Waals surface area (Å²) in [6, 6.07) is 7.33. The zero-order valence-corrected chi connectivity index (χ0v) is 15.9. The normalized spacial score (nSPS) is 14.7. The number of carbonyl (C=O) groups is 2. The van der Waals surface area contributed by atoms with Crippen LogP contribution in [0.4, 0.5) is 4.79 Å². The molecule has 0 bridgehead atoms. The molecule has 0 spiro atoms. The highest BCUT2D eigenvalue weighted by molar-refractivity contribution is 5.96. The summed E-state index contributed by atoms with van der Waals surface area (Å²) in [5.74, 6) is 1.04. The van der Waals surface area contributed by atoms with Crippen molar-refractivity contribution in [3.05, 3.63) is 53.0 Å². The zero-order chi connectivity index (χ0) is 19.4. The molecule has 0 radical (unpaired) electrons. The highest BCUT2D eigenvalue weighted by atomic mass is 16.5.